The van der Waals surface area contributed by atoms with Crippen LogP contribution in [0.4, 0.5) is 0 Å². The lowest BCUT2D eigenvalue weighted by molar-refractivity contribution is 0.407. The second kappa shape index (κ2) is 7.05. The summed E-state index contributed by atoms with van der Waals surface area (Å²) in [5.74, 6) is 2.33. The van der Waals surface area contributed by atoms with Crippen LogP contribution in [-0.2, 0) is 13.1 Å². The van der Waals surface area contributed by atoms with Crippen LogP contribution in [0.3, 0.4) is 0 Å². The minimum absolute atomic E-state index is 0.630. The third kappa shape index (κ3) is 4.06. The molecule has 1 heterocycles. The van der Waals surface area contributed by atoms with E-state index in [1.165, 1.54) is 0 Å². The molecule has 0 aliphatic rings. The van der Waals surface area contributed by atoms with Crippen LogP contribution in [0.2, 0.25) is 0 Å². The Hall–Kier alpha value is -1.88. The van der Waals surface area contributed by atoms with Gasteiger partial charge in [0.2, 0.25) is 0 Å². The number of hydrogen-bond acceptors (Lipinski definition) is 4. The molecular formula is C15H22N4O. The molecule has 0 aliphatic heterocycles. The van der Waals surface area contributed by atoms with E-state index in [2.05, 4.69) is 29.2 Å². The molecule has 0 radical (unpaired) electrons. The smallest absolute Gasteiger partial charge is 0.164 e. The Morgan fingerprint density at radius 1 is 1.30 bits per heavy atom. The van der Waals surface area contributed by atoms with Crippen LogP contribution in [0.25, 0.3) is 0 Å². The Bertz CT molecular complexity index is 536. The van der Waals surface area contributed by atoms with E-state index < -0.39 is 0 Å². The van der Waals surface area contributed by atoms with Crippen LogP contribution < -0.4 is 10.1 Å². The number of hydrogen-bond donors (Lipinski definition) is 1. The van der Waals surface area contributed by atoms with Crippen molar-refractivity contribution in [2.45, 2.75) is 26.9 Å². The van der Waals surface area contributed by atoms with Gasteiger partial charge in [-0.15, -0.1) is 0 Å². The van der Waals surface area contributed by atoms with E-state index in [1.54, 1.807) is 13.4 Å². The maximum Gasteiger partial charge on any atom is 0.164 e. The highest BCUT2D eigenvalue weighted by molar-refractivity contribution is 5.33. The lowest BCUT2D eigenvalue weighted by Crippen LogP contribution is -2.19. The summed E-state index contributed by atoms with van der Waals surface area (Å²) in [7, 11) is 1.68. The van der Waals surface area contributed by atoms with Gasteiger partial charge in [0.1, 0.15) is 12.1 Å². The molecule has 5 nitrogen and oxygen atoms in total. The quantitative estimate of drug-likeness (QED) is 0.840. The first-order chi connectivity index (χ1) is 9.69. The summed E-state index contributed by atoms with van der Waals surface area (Å²) in [5.41, 5.74) is 1.10. The molecule has 0 amide bonds. The summed E-state index contributed by atoms with van der Waals surface area (Å²) in [4.78, 5) is 4.31. The average Bonchev–Trinajstić information content (AvgIpc) is 2.86. The predicted molar refractivity (Wildman–Crippen MR) is 78.7 cm³/mol. The molecule has 20 heavy (non-hydrogen) atoms. The van der Waals surface area contributed by atoms with Crippen molar-refractivity contribution < 1.29 is 4.74 Å². The zero-order valence-electron chi connectivity index (χ0n) is 12.3. The lowest BCUT2D eigenvalue weighted by Gasteiger charge is -2.07. The van der Waals surface area contributed by atoms with Gasteiger partial charge in [0.15, 0.2) is 5.82 Å². The van der Waals surface area contributed by atoms with Crippen molar-refractivity contribution in [3.05, 3.63) is 42.0 Å². The molecule has 2 rings (SSSR count). The number of benzene rings is 1. The monoisotopic (exact) mass is 274 g/mol. The van der Waals surface area contributed by atoms with E-state index in [-0.39, 0.29) is 0 Å². The number of nitrogens with one attached hydrogen (secondary N) is 1. The van der Waals surface area contributed by atoms with Crippen LogP contribution in [0, 0.1) is 5.92 Å². The first-order valence-electron chi connectivity index (χ1n) is 6.90. The van der Waals surface area contributed by atoms with E-state index in [0.29, 0.717) is 19.0 Å². The van der Waals surface area contributed by atoms with E-state index >= 15 is 0 Å². The third-order valence-corrected chi connectivity index (χ3v) is 2.94. The Kier molecular flexibility index (Phi) is 5.12. The van der Waals surface area contributed by atoms with Crippen molar-refractivity contribution >= 4 is 0 Å². The molecule has 0 unspecified atom stereocenters. The fourth-order valence-corrected chi connectivity index (χ4v) is 1.97. The summed E-state index contributed by atoms with van der Waals surface area (Å²) in [6.45, 7) is 6.71. The number of methoxy groups -OCH3 is 1. The molecule has 1 N–H and O–H groups in total. The standard InChI is InChI=1S/C15H22N4O/c1-12(2)8-16-9-15-17-11-19(18-15)10-13-6-4-5-7-14(13)20-3/h4-7,11-12,16H,8-10H2,1-3H3. The van der Waals surface area contributed by atoms with Gasteiger partial charge in [-0.3, -0.25) is 0 Å². The van der Waals surface area contributed by atoms with Gasteiger partial charge >= 0.3 is 0 Å². The van der Waals surface area contributed by atoms with Gasteiger partial charge in [0.25, 0.3) is 0 Å². The highest BCUT2D eigenvalue weighted by atomic mass is 16.5. The van der Waals surface area contributed by atoms with Crippen molar-refractivity contribution in [3.63, 3.8) is 0 Å². The van der Waals surface area contributed by atoms with Crippen molar-refractivity contribution in [2.24, 2.45) is 5.92 Å². The van der Waals surface area contributed by atoms with Gasteiger partial charge in [0, 0.05) is 5.56 Å². The Morgan fingerprint density at radius 2 is 2.10 bits per heavy atom. The molecule has 0 saturated carbocycles. The first-order valence-corrected chi connectivity index (χ1v) is 6.90. The SMILES string of the molecule is COc1ccccc1Cn1cnc(CNCC(C)C)n1. The van der Waals surface area contributed by atoms with Crippen LogP contribution in [0.15, 0.2) is 30.6 Å². The highest BCUT2D eigenvalue weighted by Crippen LogP contribution is 2.17. The second-order valence-electron chi connectivity index (χ2n) is 5.19. The van der Waals surface area contributed by atoms with Gasteiger partial charge in [-0.25, -0.2) is 9.67 Å². The van der Waals surface area contributed by atoms with Crippen molar-refractivity contribution in [2.75, 3.05) is 13.7 Å². The van der Waals surface area contributed by atoms with E-state index in [0.717, 1.165) is 23.7 Å². The van der Waals surface area contributed by atoms with E-state index in [1.807, 2.05) is 28.9 Å². The second-order valence-corrected chi connectivity index (χ2v) is 5.19. The molecule has 0 atom stereocenters. The highest BCUT2D eigenvalue weighted by Gasteiger charge is 2.05. The van der Waals surface area contributed by atoms with Gasteiger partial charge in [-0.05, 0) is 18.5 Å². The number of para-hydroxylation sites is 1. The Morgan fingerprint density at radius 3 is 2.85 bits per heavy atom. The normalized spacial score (nSPS) is 11.0. The minimum Gasteiger partial charge on any atom is -0.496 e. The molecule has 2 aromatic rings. The summed E-state index contributed by atoms with van der Waals surface area (Å²) < 4.78 is 7.18. The Labute approximate surface area is 120 Å². The third-order valence-electron chi connectivity index (χ3n) is 2.94. The van der Waals surface area contributed by atoms with Gasteiger partial charge in [-0.1, -0.05) is 32.0 Å². The molecule has 1 aromatic heterocycles. The summed E-state index contributed by atoms with van der Waals surface area (Å²) in [6, 6.07) is 7.96. The summed E-state index contributed by atoms with van der Waals surface area (Å²) in [5, 5.41) is 7.80. The van der Waals surface area contributed by atoms with E-state index in [9.17, 15) is 0 Å². The maximum atomic E-state index is 5.34. The first kappa shape index (κ1) is 14.5. The van der Waals surface area contributed by atoms with Crippen molar-refractivity contribution in [1.29, 1.82) is 0 Å². The largest absolute Gasteiger partial charge is 0.496 e. The molecule has 5 heteroatoms. The molecule has 108 valence electrons. The van der Waals surface area contributed by atoms with E-state index in [4.69, 9.17) is 4.74 Å². The summed E-state index contributed by atoms with van der Waals surface area (Å²) in [6.07, 6.45) is 1.76. The minimum atomic E-state index is 0.630. The molecule has 0 saturated heterocycles. The number of aromatic nitrogens is 3. The van der Waals surface area contributed by atoms with Gasteiger partial charge in [0.05, 0.1) is 20.2 Å². The van der Waals surface area contributed by atoms with Crippen molar-refractivity contribution in [3.8, 4) is 5.75 Å². The van der Waals surface area contributed by atoms with Crippen molar-refractivity contribution in [1.82, 2.24) is 20.1 Å². The predicted octanol–water partition coefficient (Wildman–Crippen LogP) is 2.08. The average molecular weight is 274 g/mol. The van der Waals surface area contributed by atoms with Crippen LogP contribution in [0.5, 0.6) is 5.75 Å². The van der Waals surface area contributed by atoms with Gasteiger partial charge < -0.3 is 10.1 Å². The van der Waals surface area contributed by atoms with Crippen LogP contribution in [0.1, 0.15) is 25.2 Å². The lowest BCUT2D eigenvalue weighted by atomic mass is 10.2. The zero-order chi connectivity index (χ0) is 14.4. The molecular weight excluding hydrogens is 252 g/mol. The molecule has 1 aromatic carbocycles. The molecule has 0 bridgehead atoms. The molecule has 0 fully saturated rings. The maximum absolute atomic E-state index is 5.34. The van der Waals surface area contributed by atoms with Crippen LogP contribution in [-0.4, -0.2) is 28.4 Å². The van der Waals surface area contributed by atoms with Crippen LogP contribution >= 0.6 is 0 Å². The number of nitrogens with zero attached hydrogens (tertiary/aromatic N) is 3. The topological polar surface area (TPSA) is 52.0 Å². The summed E-state index contributed by atoms with van der Waals surface area (Å²) >= 11 is 0. The Balaban J connectivity index is 1.95. The fourth-order valence-electron chi connectivity index (χ4n) is 1.97. The fraction of sp³-hybridized carbons (Fsp3) is 0.467. The molecule has 0 aliphatic carbocycles. The zero-order valence-corrected chi connectivity index (χ0v) is 12.3. The molecule has 0 spiro atoms. The number of ether oxygens (including phenoxy) is 1. The van der Waals surface area contributed by atoms with Gasteiger partial charge in [-0.2, -0.15) is 5.10 Å². The number of rotatable bonds is 7.